The number of piperidine rings is 3. The van der Waals surface area contributed by atoms with Crippen LogP contribution in [0.25, 0.3) is 0 Å². The molecule has 2 bridgehead atoms. The number of nitrogens with zero attached hydrogens (tertiary/aromatic N) is 2. The number of aromatic nitrogens is 1. The molecule has 344 valence electrons. The van der Waals surface area contributed by atoms with Crippen molar-refractivity contribution >= 4 is 51.1 Å². The number of carbonyl (C=O) groups excluding carboxylic acids is 2. The zero-order chi connectivity index (χ0) is 46.3. The van der Waals surface area contributed by atoms with E-state index in [9.17, 15) is 45.2 Å². The van der Waals surface area contributed by atoms with Crippen LogP contribution in [0.15, 0.2) is 90.1 Å². The SMILES string of the molecule is O=C(O)C(F)(F)F.O=C(OC(Cc1c(Cl)c[n+]([O-])cc1Cl)c1ccc(OC(F)F)c(OCC2CC2)c1)c1cccc(S(=O)(=O)NC(C(=O)O[C@@H]2CN3CCC2CC3)c2ccccc2)c1. The molecule has 4 heterocycles. The molecule has 1 aliphatic carbocycles. The maximum absolute atomic E-state index is 13.9. The number of carbonyl (C=O) groups is 3. The number of esters is 2. The number of rotatable bonds is 16. The number of carboxylic acids is 1. The van der Waals surface area contributed by atoms with Crippen LogP contribution in [0.5, 0.6) is 11.5 Å². The Morgan fingerprint density at radius 2 is 1.56 bits per heavy atom. The van der Waals surface area contributed by atoms with E-state index < -0.39 is 52.9 Å². The lowest BCUT2D eigenvalue weighted by Gasteiger charge is -2.44. The Balaban J connectivity index is 0.000000898. The zero-order valence-corrected chi connectivity index (χ0v) is 35.7. The Labute approximate surface area is 373 Å². The number of pyridine rings is 1. The molecule has 4 aromatic rings. The van der Waals surface area contributed by atoms with Crippen LogP contribution in [0.3, 0.4) is 0 Å². The number of hydrogen-bond acceptors (Lipinski definition) is 11. The Hall–Kier alpha value is -5.28. The molecule has 8 rings (SSSR count). The van der Waals surface area contributed by atoms with E-state index in [2.05, 4.69) is 14.4 Å². The molecule has 3 aromatic carbocycles. The summed E-state index contributed by atoms with van der Waals surface area (Å²) in [6, 6.07) is 16.1. The third kappa shape index (κ3) is 12.9. The molecule has 3 saturated heterocycles. The van der Waals surface area contributed by atoms with Gasteiger partial charge in [-0.1, -0.05) is 65.7 Å². The van der Waals surface area contributed by atoms with Crippen molar-refractivity contribution < 1.29 is 73.5 Å². The minimum Gasteiger partial charge on any atom is -0.619 e. The van der Waals surface area contributed by atoms with E-state index in [0.29, 0.717) is 16.8 Å². The number of ether oxygens (including phenoxy) is 4. The molecule has 4 aliphatic rings. The molecule has 1 aromatic heterocycles. The Morgan fingerprint density at radius 3 is 2.14 bits per heavy atom. The molecule has 2 unspecified atom stereocenters. The third-order valence-electron chi connectivity index (χ3n) is 10.6. The highest BCUT2D eigenvalue weighted by Gasteiger charge is 2.40. The van der Waals surface area contributed by atoms with Crippen molar-refractivity contribution in [2.75, 3.05) is 26.2 Å². The lowest BCUT2D eigenvalue weighted by molar-refractivity contribution is -0.605. The van der Waals surface area contributed by atoms with Gasteiger partial charge in [0.2, 0.25) is 10.0 Å². The molecule has 0 amide bonds. The maximum atomic E-state index is 13.9. The molecule has 0 spiro atoms. The normalized spacial score (nSPS) is 19.2. The number of halogens is 7. The second-order valence-corrected chi connectivity index (χ2v) is 17.7. The average Bonchev–Trinajstić information content (AvgIpc) is 4.08. The summed E-state index contributed by atoms with van der Waals surface area (Å²) in [7, 11) is -4.46. The van der Waals surface area contributed by atoms with Crippen molar-refractivity contribution in [1.82, 2.24) is 9.62 Å². The summed E-state index contributed by atoms with van der Waals surface area (Å²) in [4.78, 5) is 38.4. The highest BCUT2D eigenvalue weighted by Crippen LogP contribution is 2.38. The minimum atomic E-state index is -5.08. The molecule has 1 saturated carbocycles. The standard InChI is InChI=1S/C40H39Cl2F2N3O9S.C2HF3O2/c41-31-20-47(50)21-32(42)30(31)19-34(27-11-12-33(56-40(43)44)35(18-27)53-23-24-9-10-24)54-38(48)28-7-4-8-29(17-28)57(51,52)45-37(26-5-2-1-3-6-26)39(49)55-36-22-46-15-13-25(36)14-16-46;3-2(4,5)1(6)7/h1-8,11-12,17-18,20-21,24-25,34,36-37,40,45H,9-10,13-16,19,22-23H2;(H,6,7)/t34?,36-,37?;/m1./s1. The molecule has 64 heavy (non-hydrogen) atoms. The van der Waals surface area contributed by atoms with Crippen molar-refractivity contribution in [2.24, 2.45) is 11.8 Å². The second-order valence-electron chi connectivity index (χ2n) is 15.1. The van der Waals surface area contributed by atoms with Crippen LogP contribution in [-0.4, -0.2) is 81.5 Å². The van der Waals surface area contributed by atoms with E-state index in [1.165, 1.54) is 36.4 Å². The number of hydrogen-bond donors (Lipinski definition) is 2. The van der Waals surface area contributed by atoms with Crippen LogP contribution in [0.2, 0.25) is 10.0 Å². The summed E-state index contributed by atoms with van der Waals surface area (Å²) in [6.07, 6.45) is -1.05. The average molecular weight is 961 g/mol. The third-order valence-corrected chi connectivity index (χ3v) is 12.6. The Kier molecular flexibility index (Phi) is 15.6. The fourth-order valence-electron chi connectivity index (χ4n) is 7.03. The smallest absolute Gasteiger partial charge is 0.490 e. The van der Waals surface area contributed by atoms with Gasteiger partial charge in [0.1, 0.15) is 28.3 Å². The monoisotopic (exact) mass is 959 g/mol. The van der Waals surface area contributed by atoms with Crippen LogP contribution in [0, 0.1) is 17.0 Å². The first-order valence-electron chi connectivity index (χ1n) is 19.7. The van der Waals surface area contributed by atoms with E-state index in [-0.39, 0.29) is 74.1 Å². The van der Waals surface area contributed by atoms with Crippen molar-refractivity contribution in [3.63, 3.8) is 0 Å². The van der Waals surface area contributed by atoms with Crippen LogP contribution in [-0.2, 0) is 35.5 Å². The lowest BCUT2D eigenvalue weighted by atomic mass is 9.86. The molecule has 3 aliphatic heterocycles. The molecule has 3 atom stereocenters. The van der Waals surface area contributed by atoms with Crippen LogP contribution < -0.4 is 18.9 Å². The minimum absolute atomic E-state index is 0.0115. The fourth-order valence-corrected chi connectivity index (χ4v) is 8.85. The first-order valence-corrected chi connectivity index (χ1v) is 21.9. The molecule has 14 nitrogen and oxygen atoms in total. The predicted octanol–water partition coefficient (Wildman–Crippen LogP) is 7.45. The number of aliphatic carboxylic acids is 1. The van der Waals surface area contributed by atoms with Crippen LogP contribution in [0.4, 0.5) is 22.0 Å². The van der Waals surface area contributed by atoms with Gasteiger partial charge in [-0.15, -0.1) is 0 Å². The maximum Gasteiger partial charge on any atom is 0.490 e. The molecule has 2 N–H and O–H groups in total. The topological polar surface area (TPSA) is 185 Å². The number of sulfonamides is 1. The second kappa shape index (κ2) is 20.7. The Bertz CT molecular complexity index is 2400. The van der Waals surface area contributed by atoms with Gasteiger partial charge >= 0.3 is 30.7 Å². The zero-order valence-electron chi connectivity index (χ0n) is 33.4. The van der Waals surface area contributed by atoms with Gasteiger partial charge in [-0.05, 0) is 92.1 Å². The number of fused-ring (bicyclic) bond motifs is 3. The summed E-state index contributed by atoms with van der Waals surface area (Å²) in [6.45, 7) is -0.434. The number of carboxylic acid groups (broad SMARTS) is 1. The van der Waals surface area contributed by atoms with Crippen LogP contribution in [0.1, 0.15) is 64.9 Å². The molecular formula is C42H40Cl2F5N3O11S. The highest BCUT2D eigenvalue weighted by molar-refractivity contribution is 7.89. The first-order chi connectivity index (χ1) is 30.3. The number of nitrogens with one attached hydrogen (secondary N) is 1. The van der Waals surface area contributed by atoms with Gasteiger partial charge in [-0.3, -0.25) is 4.90 Å². The fraction of sp³-hybridized carbons (Fsp3) is 0.381. The van der Waals surface area contributed by atoms with E-state index in [1.54, 1.807) is 30.3 Å². The van der Waals surface area contributed by atoms with E-state index in [1.807, 2.05) is 0 Å². The van der Waals surface area contributed by atoms with E-state index in [0.717, 1.165) is 57.2 Å². The Morgan fingerprint density at radius 1 is 0.906 bits per heavy atom. The summed E-state index contributed by atoms with van der Waals surface area (Å²) < 4.78 is 112. The van der Waals surface area contributed by atoms with Gasteiger partial charge in [0.25, 0.3) is 0 Å². The molecule has 22 heteroatoms. The summed E-state index contributed by atoms with van der Waals surface area (Å²) in [5, 5.41) is 19.1. The van der Waals surface area contributed by atoms with Crippen molar-refractivity contribution in [3.05, 3.63) is 123 Å². The summed E-state index contributed by atoms with van der Waals surface area (Å²) in [5.74, 6) is -4.24. The van der Waals surface area contributed by atoms with Crippen LogP contribution >= 0.6 is 23.2 Å². The van der Waals surface area contributed by atoms with Crippen molar-refractivity contribution in [2.45, 2.75) is 68.0 Å². The van der Waals surface area contributed by atoms with E-state index in [4.69, 9.17) is 47.3 Å². The summed E-state index contributed by atoms with van der Waals surface area (Å²) in [5.41, 5.74) is 0.727. The molecular weight excluding hydrogens is 920 g/mol. The van der Waals surface area contributed by atoms with Gasteiger partial charge in [0.15, 0.2) is 23.9 Å². The van der Waals surface area contributed by atoms with Crippen molar-refractivity contribution in [3.8, 4) is 11.5 Å². The van der Waals surface area contributed by atoms with Gasteiger partial charge in [0, 0.05) is 18.5 Å². The number of alkyl halides is 5. The van der Waals surface area contributed by atoms with Crippen molar-refractivity contribution in [1.29, 1.82) is 0 Å². The van der Waals surface area contributed by atoms with E-state index >= 15 is 0 Å². The van der Waals surface area contributed by atoms with Gasteiger partial charge < -0.3 is 29.3 Å². The number of benzene rings is 3. The van der Waals surface area contributed by atoms with Gasteiger partial charge in [-0.2, -0.15) is 31.4 Å². The lowest BCUT2D eigenvalue weighted by Crippen LogP contribution is -2.52. The summed E-state index contributed by atoms with van der Waals surface area (Å²) >= 11 is 12.8. The quantitative estimate of drug-likeness (QED) is 0.0490. The van der Waals surface area contributed by atoms with Gasteiger partial charge in [-0.25, -0.2) is 22.8 Å². The molecule has 4 fully saturated rings. The first kappa shape index (κ1) is 48.2. The largest absolute Gasteiger partial charge is 0.619 e. The van der Waals surface area contributed by atoms with Gasteiger partial charge in [0.05, 0.1) is 17.1 Å². The predicted molar refractivity (Wildman–Crippen MR) is 217 cm³/mol. The highest BCUT2D eigenvalue weighted by atomic mass is 35.5. The molecule has 0 radical (unpaired) electrons.